The van der Waals surface area contributed by atoms with Crippen LogP contribution in [0, 0.1) is 0 Å². The first kappa shape index (κ1) is 14.7. The molecule has 104 valence electrons. The molecule has 0 spiro atoms. The SMILES string of the molecule is O=C(COc1cccc(Cl)c1Br)NC1CCCCC1. The maximum absolute atomic E-state index is 11.8. The number of rotatable bonds is 4. The lowest BCUT2D eigenvalue weighted by Gasteiger charge is -2.22. The number of carbonyl (C=O) groups excluding carboxylic acids is 1. The third-order valence-corrected chi connectivity index (χ3v) is 4.61. The minimum atomic E-state index is -0.0706. The molecule has 0 saturated heterocycles. The zero-order valence-electron chi connectivity index (χ0n) is 10.6. The molecule has 1 aromatic rings. The van der Waals surface area contributed by atoms with Gasteiger partial charge in [0, 0.05) is 6.04 Å². The molecule has 0 bridgehead atoms. The summed E-state index contributed by atoms with van der Waals surface area (Å²) in [7, 11) is 0. The van der Waals surface area contributed by atoms with Crippen molar-refractivity contribution >= 4 is 33.4 Å². The van der Waals surface area contributed by atoms with Crippen LogP contribution in [0.5, 0.6) is 5.75 Å². The summed E-state index contributed by atoms with van der Waals surface area (Å²) in [5.74, 6) is 0.519. The maximum Gasteiger partial charge on any atom is 0.258 e. The highest BCUT2D eigenvalue weighted by atomic mass is 79.9. The maximum atomic E-state index is 11.8. The number of amides is 1. The number of benzene rings is 1. The summed E-state index contributed by atoms with van der Waals surface area (Å²) in [5, 5.41) is 3.59. The first-order chi connectivity index (χ1) is 9.16. The van der Waals surface area contributed by atoms with E-state index < -0.39 is 0 Å². The van der Waals surface area contributed by atoms with Gasteiger partial charge in [-0.25, -0.2) is 0 Å². The Morgan fingerprint density at radius 2 is 2.11 bits per heavy atom. The Labute approximate surface area is 126 Å². The molecule has 5 heteroatoms. The van der Waals surface area contributed by atoms with Crippen molar-refractivity contribution in [1.82, 2.24) is 5.32 Å². The third-order valence-electron chi connectivity index (χ3n) is 3.25. The molecule has 1 amide bonds. The van der Waals surface area contributed by atoms with Crippen molar-refractivity contribution in [1.29, 1.82) is 0 Å². The second-order valence-corrected chi connectivity index (χ2v) is 5.94. The first-order valence-electron chi connectivity index (χ1n) is 6.53. The number of hydrogen-bond acceptors (Lipinski definition) is 2. The number of ether oxygens (including phenoxy) is 1. The van der Waals surface area contributed by atoms with Gasteiger partial charge in [0.05, 0.1) is 9.50 Å². The molecular formula is C14H17BrClNO2. The van der Waals surface area contributed by atoms with Crippen molar-refractivity contribution < 1.29 is 9.53 Å². The van der Waals surface area contributed by atoms with Crippen LogP contribution in [0.3, 0.4) is 0 Å². The number of carbonyl (C=O) groups is 1. The van der Waals surface area contributed by atoms with Crippen molar-refractivity contribution in [3.8, 4) is 5.75 Å². The van der Waals surface area contributed by atoms with Gasteiger partial charge in [-0.15, -0.1) is 0 Å². The van der Waals surface area contributed by atoms with Crippen LogP contribution in [0.4, 0.5) is 0 Å². The van der Waals surface area contributed by atoms with Crippen molar-refractivity contribution in [3.63, 3.8) is 0 Å². The monoisotopic (exact) mass is 345 g/mol. The Morgan fingerprint density at radius 1 is 1.37 bits per heavy atom. The summed E-state index contributed by atoms with van der Waals surface area (Å²) >= 11 is 9.30. The van der Waals surface area contributed by atoms with Crippen molar-refractivity contribution in [2.24, 2.45) is 0 Å². The Morgan fingerprint density at radius 3 is 2.84 bits per heavy atom. The zero-order chi connectivity index (χ0) is 13.7. The highest BCUT2D eigenvalue weighted by Crippen LogP contribution is 2.31. The number of halogens is 2. The average molecular weight is 347 g/mol. The minimum Gasteiger partial charge on any atom is -0.483 e. The number of hydrogen-bond donors (Lipinski definition) is 1. The minimum absolute atomic E-state index is 0.0233. The molecular weight excluding hydrogens is 330 g/mol. The van der Waals surface area contributed by atoms with E-state index in [9.17, 15) is 4.79 Å². The number of nitrogens with one attached hydrogen (secondary N) is 1. The van der Waals surface area contributed by atoms with Crippen molar-refractivity contribution in [3.05, 3.63) is 27.7 Å². The van der Waals surface area contributed by atoms with Crippen LogP contribution in [-0.4, -0.2) is 18.6 Å². The Hall–Kier alpha value is -0.740. The van der Waals surface area contributed by atoms with Crippen LogP contribution in [0.15, 0.2) is 22.7 Å². The molecule has 0 unspecified atom stereocenters. The first-order valence-corrected chi connectivity index (χ1v) is 7.70. The van der Waals surface area contributed by atoms with Gasteiger partial charge in [0.15, 0.2) is 6.61 Å². The lowest BCUT2D eigenvalue weighted by molar-refractivity contribution is -0.124. The molecule has 0 radical (unpaired) electrons. The topological polar surface area (TPSA) is 38.3 Å². The molecule has 0 atom stereocenters. The van der Waals surface area contributed by atoms with E-state index in [4.69, 9.17) is 16.3 Å². The summed E-state index contributed by atoms with van der Waals surface area (Å²) in [6.07, 6.45) is 5.83. The van der Waals surface area contributed by atoms with Gasteiger partial charge in [-0.3, -0.25) is 4.79 Å². The smallest absolute Gasteiger partial charge is 0.258 e. The largest absolute Gasteiger partial charge is 0.483 e. The molecule has 0 heterocycles. The Balaban J connectivity index is 1.81. The average Bonchev–Trinajstić information content (AvgIpc) is 2.42. The highest BCUT2D eigenvalue weighted by molar-refractivity contribution is 9.10. The molecule has 1 saturated carbocycles. The van der Waals surface area contributed by atoms with Crippen LogP contribution in [0.25, 0.3) is 0 Å². The van der Waals surface area contributed by atoms with Gasteiger partial charge < -0.3 is 10.1 Å². The fourth-order valence-electron chi connectivity index (χ4n) is 2.26. The van der Waals surface area contributed by atoms with Gasteiger partial charge in [0.25, 0.3) is 5.91 Å². The quantitative estimate of drug-likeness (QED) is 0.897. The van der Waals surface area contributed by atoms with Crippen LogP contribution in [0.1, 0.15) is 32.1 Å². The van der Waals surface area contributed by atoms with E-state index in [2.05, 4.69) is 21.2 Å². The van der Waals surface area contributed by atoms with E-state index >= 15 is 0 Å². The fourth-order valence-corrected chi connectivity index (χ4v) is 2.80. The molecule has 1 fully saturated rings. The lowest BCUT2D eigenvalue weighted by atomic mass is 9.95. The third kappa shape index (κ3) is 4.39. The van der Waals surface area contributed by atoms with Crippen molar-refractivity contribution in [2.45, 2.75) is 38.1 Å². The lowest BCUT2D eigenvalue weighted by Crippen LogP contribution is -2.39. The summed E-state index contributed by atoms with van der Waals surface area (Å²) in [5.41, 5.74) is 0. The molecule has 1 aromatic carbocycles. The van der Waals surface area contributed by atoms with Gasteiger partial charge in [0.2, 0.25) is 0 Å². The van der Waals surface area contributed by atoms with Crippen LogP contribution in [0.2, 0.25) is 5.02 Å². The zero-order valence-corrected chi connectivity index (χ0v) is 13.0. The molecule has 0 aromatic heterocycles. The highest BCUT2D eigenvalue weighted by Gasteiger charge is 2.16. The predicted molar refractivity (Wildman–Crippen MR) is 79.7 cm³/mol. The van der Waals surface area contributed by atoms with E-state index in [1.807, 2.05) is 0 Å². The molecule has 1 aliphatic carbocycles. The van der Waals surface area contributed by atoms with Crippen LogP contribution >= 0.6 is 27.5 Å². The fraction of sp³-hybridized carbons (Fsp3) is 0.500. The van der Waals surface area contributed by atoms with Gasteiger partial charge in [-0.2, -0.15) is 0 Å². The van der Waals surface area contributed by atoms with E-state index in [1.54, 1.807) is 18.2 Å². The summed E-state index contributed by atoms with van der Waals surface area (Å²) in [4.78, 5) is 11.8. The van der Waals surface area contributed by atoms with Crippen molar-refractivity contribution in [2.75, 3.05) is 6.61 Å². The predicted octanol–water partition coefficient (Wildman–Crippen LogP) is 3.93. The Kier molecular flexibility index (Phi) is 5.52. The molecule has 1 aliphatic rings. The van der Waals surface area contributed by atoms with Gasteiger partial charge in [-0.05, 0) is 40.9 Å². The normalized spacial score (nSPS) is 16.1. The van der Waals surface area contributed by atoms with E-state index in [1.165, 1.54) is 19.3 Å². The summed E-state index contributed by atoms with van der Waals surface area (Å²) in [6, 6.07) is 5.65. The summed E-state index contributed by atoms with van der Waals surface area (Å²) in [6.45, 7) is 0.0233. The standard InChI is InChI=1S/C14H17BrClNO2/c15-14-11(16)7-4-8-12(14)19-9-13(18)17-10-5-2-1-3-6-10/h4,7-8,10H,1-3,5-6,9H2,(H,17,18). The summed E-state index contributed by atoms with van der Waals surface area (Å²) < 4.78 is 6.16. The van der Waals surface area contributed by atoms with Crippen LogP contribution in [-0.2, 0) is 4.79 Å². The molecule has 0 aliphatic heterocycles. The van der Waals surface area contributed by atoms with Crippen LogP contribution < -0.4 is 10.1 Å². The molecule has 19 heavy (non-hydrogen) atoms. The van der Waals surface area contributed by atoms with E-state index in [0.717, 1.165) is 12.8 Å². The van der Waals surface area contributed by atoms with Gasteiger partial charge >= 0.3 is 0 Å². The van der Waals surface area contributed by atoms with Gasteiger partial charge in [0.1, 0.15) is 5.75 Å². The Bertz CT molecular complexity index is 447. The second-order valence-electron chi connectivity index (χ2n) is 4.74. The second kappa shape index (κ2) is 7.15. The molecule has 1 N–H and O–H groups in total. The molecule has 3 nitrogen and oxygen atoms in total. The van der Waals surface area contributed by atoms with Gasteiger partial charge in [-0.1, -0.05) is 36.9 Å². The van der Waals surface area contributed by atoms with E-state index in [0.29, 0.717) is 21.3 Å². The van der Waals surface area contributed by atoms with E-state index in [-0.39, 0.29) is 12.5 Å². The molecule has 2 rings (SSSR count).